The summed E-state index contributed by atoms with van der Waals surface area (Å²) in [4.78, 5) is 16.5. The number of fused-ring (bicyclic) bond motifs is 1. The van der Waals surface area contributed by atoms with Crippen LogP contribution in [0.3, 0.4) is 0 Å². The molecule has 3 rings (SSSR count). The fourth-order valence-corrected chi connectivity index (χ4v) is 2.55. The Morgan fingerprint density at radius 2 is 1.95 bits per heavy atom. The molecular weight excluding hydrogens is 259 g/mol. The van der Waals surface area contributed by atoms with Crippen molar-refractivity contribution >= 4 is 16.9 Å². The number of hydrogen-bond acceptors (Lipinski definition) is 3. The van der Waals surface area contributed by atoms with Crippen LogP contribution in [0.4, 0.5) is 4.39 Å². The van der Waals surface area contributed by atoms with Crippen LogP contribution in [0.1, 0.15) is 16.1 Å². The molecule has 0 saturated carbocycles. The van der Waals surface area contributed by atoms with Gasteiger partial charge in [0.1, 0.15) is 11.4 Å². The molecule has 0 unspecified atom stereocenters. The third-order valence-corrected chi connectivity index (χ3v) is 3.88. The number of likely N-dealkylation sites (N-methyl/N-ethyl adjacent to an activating group) is 1. The summed E-state index contributed by atoms with van der Waals surface area (Å²) in [5, 5.41) is 0.669. The predicted octanol–water partition coefficient (Wildman–Crippen LogP) is 2.27. The van der Waals surface area contributed by atoms with Gasteiger partial charge in [0.15, 0.2) is 5.76 Å². The molecule has 2 heterocycles. The standard InChI is InChI=1S/C15H17FN2O2/c1-10-12-9-11(16)3-4-13(12)20-14(10)15(19)18-7-5-17(2)6-8-18/h3-4,9H,5-8H2,1-2H3. The Morgan fingerprint density at radius 3 is 2.65 bits per heavy atom. The van der Waals surface area contributed by atoms with E-state index in [0.717, 1.165) is 13.1 Å². The maximum atomic E-state index is 13.3. The summed E-state index contributed by atoms with van der Waals surface area (Å²) >= 11 is 0. The first-order valence-electron chi connectivity index (χ1n) is 6.73. The summed E-state index contributed by atoms with van der Waals surface area (Å²) in [5.41, 5.74) is 1.27. The lowest BCUT2D eigenvalue weighted by Crippen LogP contribution is -2.47. The highest BCUT2D eigenvalue weighted by atomic mass is 19.1. The summed E-state index contributed by atoms with van der Waals surface area (Å²) < 4.78 is 18.9. The summed E-state index contributed by atoms with van der Waals surface area (Å²) in [6.07, 6.45) is 0. The number of hydrogen-bond donors (Lipinski definition) is 0. The van der Waals surface area contributed by atoms with E-state index in [2.05, 4.69) is 4.90 Å². The zero-order chi connectivity index (χ0) is 14.3. The fourth-order valence-electron chi connectivity index (χ4n) is 2.55. The van der Waals surface area contributed by atoms with Crippen molar-refractivity contribution < 1.29 is 13.6 Å². The van der Waals surface area contributed by atoms with Crippen molar-refractivity contribution in [2.24, 2.45) is 0 Å². The number of carbonyl (C=O) groups is 1. The molecule has 106 valence electrons. The molecular formula is C15H17FN2O2. The summed E-state index contributed by atoms with van der Waals surface area (Å²) in [5.74, 6) is -0.0950. The Labute approximate surface area is 116 Å². The maximum absolute atomic E-state index is 13.3. The molecule has 5 heteroatoms. The van der Waals surface area contributed by atoms with Gasteiger partial charge in [-0.1, -0.05) is 0 Å². The molecule has 1 fully saturated rings. The molecule has 1 amide bonds. The highest BCUT2D eigenvalue weighted by Crippen LogP contribution is 2.27. The number of aryl methyl sites for hydroxylation is 1. The maximum Gasteiger partial charge on any atom is 0.289 e. The molecule has 4 nitrogen and oxygen atoms in total. The van der Waals surface area contributed by atoms with Crippen LogP contribution in [0.5, 0.6) is 0 Å². The minimum atomic E-state index is -0.319. The minimum Gasteiger partial charge on any atom is -0.451 e. The van der Waals surface area contributed by atoms with Crippen molar-refractivity contribution in [3.8, 4) is 0 Å². The molecule has 0 aliphatic carbocycles. The Kier molecular flexibility index (Phi) is 3.22. The lowest BCUT2D eigenvalue weighted by atomic mass is 10.1. The van der Waals surface area contributed by atoms with Crippen LogP contribution in [0, 0.1) is 12.7 Å². The van der Waals surface area contributed by atoms with E-state index < -0.39 is 0 Å². The number of rotatable bonds is 1. The van der Waals surface area contributed by atoms with E-state index in [1.54, 1.807) is 17.9 Å². The van der Waals surface area contributed by atoms with Gasteiger partial charge in [0.2, 0.25) is 0 Å². The van der Waals surface area contributed by atoms with Gasteiger partial charge < -0.3 is 14.2 Å². The van der Waals surface area contributed by atoms with E-state index in [-0.39, 0.29) is 11.7 Å². The van der Waals surface area contributed by atoms with E-state index in [0.29, 0.717) is 35.4 Å². The monoisotopic (exact) mass is 276 g/mol. The van der Waals surface area contributed by atoms with E-state index in [9.17, 15) is 9.18 Å². The van der Waals surface area contributed by atoms with Gasteiger partial charge in [-0.05, 0) is 32.2 Å². The summed E-state index contributed by atoms with van der Waals surface area (Å²) in [6, 6.07) is 4.32. The number of halogens is 1. The number of nitrogens with zero attached hydrogens (tertiary/aromatic N) is 2. The van der Waals surface area contributed by atoms with E-state index in [4.69, 9.17) is 4.42 Å². The molecule has 0 bridgehead atoms. The van der Waals surface area contributed by atoms with Crippen molar-refractivity contribution in [3.63, 3.8) is 0 Å². The second-order valence-electron chi connectivity index (χ2n) is 5.29. The molecule has 0 spiro atoms. The van der Waals surface area contributed by atoms with Crippen molar-refractivity contribution in [1.82, 2.24) is 9.80 Å². The molecule has 1 aromatic carbocycles. The van der Waals surface area contributed by atoms with Gasteiger partial charge in [-0.3, -0.25) is 4.79 Å². The van der Waals surface area contributed by atoms with Gasteiger partial charge in [0, 0.05) is 37.1 Å². The van der Waals surface area contributed by atoms with Crippen LogP contribution < -0.4 is 0 Å². The van der Waals surface area contributed by atoms with Crippen LogP contribution in [0.15, 0.2) is 22.6 Å². The Bertz CT molecular complexity index is 657. The molecule has 0 radical (unpaired) electrons. The third kappa shape index (κ3) is 2.18. The summed E-state index contributed by atoms with van der Waals surface area (Å²) in [7, 11) is 2.04. The van der Waals surface area contributed by atoms with Crippen molar-refractivity contribution in [3.05, 3.63) is 35.3 Å². The Morgan fingerprint density at radius 1 is 1.25 bits per heavy atom. The second-order valence-corrected chi connectivity index (χ2v) is 5.29. The van der Waals surface area contributed by atoms with Crippen LogP contribution in [0.2, 0.25) is 0 Å². The number of benzene rings is 1. The van der Waals surface area contributed by atoms with Gasteiger partial charge in [0.05, 0.1) is 0 Å². The molecule has 0 atom stereocenters. The molecule has 20 heavy (non-hydrogen) atoms. The van der Waals surface area contributed by atoms with Crippen molar-refractivity contribution in [1.29, 1.82) is 0 Å². The third-order valence-electron chi connectivity index (χ3n) is 3.88. The largest absolute Gasteiger partial charge is 0.451 e. The smallest absolute Gasteiger partial charge is 0.289 e. The Hall–Kier alpha value is -1.88. The molecule has 1 aliphatic heterocycles. The Balaban J connectivity index is 1.93. The van der Waals surface area contributed by atoms with Crippen LogP contribution >= 0.6 is 0 Å². The highest BCUT2D eigenvalue weighted by molar-refractivity contribution is 5.99. The normalized spacial score (nSPS) is 16.9. The summed E-state index contributed by atoms with van der Waals surface area (Å²) in [6.45, 7) is 4.91. The molecule has 1 aliphatic rings. The van der Waals surface area contributed by atoms with Gasteiger partial charge in [-0.15, -0.1) is 0 Å². The van der Waals surface area contributed by atoms with E-state index in [1.807, 2.05) is 7.05 Å². The number of piperazine rings is 1. The fraction of sp³-hybridized carbons (Fsp3) is 0.400. The molecule has 0 N–H and O–H groups in total. The first kappa shape index (κ1) is 13.1. The average Bonchev–Trinajstić information content (AvgIpc) is 2.76. The lowest BCUT2D eigenvalue weighted by Gasteiger charge is -2.31. The minimum absolute atomic E-state index is 0.104. The molecule has 2 aromatic rings. The number of furan rings is 1. The zero-order valence-electron chi connectivity index (χ0n) is 11.6. The van der Waals surface area contributed by atoms with Gasteiger partial charge in [-0.25, -0.2) is 4.39 Å². The predicted molar refractivity (Wildman–Crippen MR) is 74.3 cm³/mol. The average molecular weight is 276 g/mol. The lowest BCUT2D eigenvalue weighted by molar-refractivity contribution is 0.0634. The van der Waals surface area contributed by atoms with Crippen molar-refractivity contribution in [2.45, 2.75) is 6.92 Å². The molecule has 1 saturated heterocycles. The van der Waals surface area contributed by atoms with E-state index in [1.165, 1.54) is 12.1 Å². The van der Waals surface area contributed by atoms with Gasteiger partial charge in [0.25, 0.3) is 5.91 Å². The number of amides is 1. The van der Waals surface area contributed by atoms with Gasteiger partial charge >= 0.3 is 0 Å². The number of carbonyl (C=O) groups excluding carboxylic acids is 1. The molecule has 1 aromatic heterocycles. The highest BCUT2D eigenvalue weighted by Gasteiger charge is 2.25. The van der Waals surface area contributed by atoms with Crippen LogP contribution in [-0.4, -0.2) is 48.9 Å². The topological polar surface area (TPSA) is 36.7 Å². The first-order chi connectivity index (χ1) is 9.56. The van der Waals surface area contributed by atoms with Crippen molar-refractivity contribution in [2.75, 3.05) is 33.2 Å². The quantitative estimate of drug-likeness (QED) is 0.801. The van der Waals surface area contributed by atoms with Gasteiger partial charge in [-0.2, -0.15) is 0 Å². The first-order valence-corrected chi connectivity index (χ1v) is 6.73. The van der Waals surface area contributed by atoms with E-state index >= 15 is 0 Å². The second kappa shape index (κ2) is 4.90. The zero-order valence-corrected chi connectivity index (χ0v) is 11.6. The van der Waals surface area contributed by atoms with Crippen LogP contribution in [-0.2, 0) is 0 Å². The van der Waals surface area contributed by atoms with Crippen LogP contribution in [0.25, 0.3) is 11.0 Å². The SMILES string of the molecule is Cc1c(C(=O)N2CCN(C)CC2)oc2ccc(F)cc12.